The molecule has 18 heavy (non-hydrogen) atoms. The zero-order chi connectivity index (χ0) is 13.3. The molecular weight excluding hydrogens is 268 g/mol. The number of thiophene rings is 1. The maximum absolute atomic E-state index is 9.01. The van der Waals surface area contributed by atoms with Crippen LogP contribution in [0.1, 0.15) is 10.4 Å². The van der Waals surface area contributed by atoms with Gasteiger partial charge in [0.2, 0.25) is 0 Å². The Kier molecular flexibility index (Phi) is 3.46. The van der Waals surface area contributed by atoms with Gasteiger partial charge < -0.3 is 10.5 Å². The van der Waals surface area contributed by atoms with Crippen molar-refractivity contribution in [3.8, 4) is 22.3 Å². The molecule has 0 aliphatic heterocycles. The molecule has 2 N–H and O–H groups in total. The fourth-order valence-corrected chi connectivity index (χ4v) is 2.94. The van der Waals surface area contributed by atoms with Crippen LogP contribution in [-0.4, -0.2) is 7.11 Å². The number of methoxy groups -OCH3 is 1. The van der Waals surface area contributed by atoms with Crippen LogP contribution in [-0.2, 0) is 0 Å². The first-order valence-corrected chi connectivity index (χ1v) is 6.40. The van der Waals surface area contributed by atoms with E-state index >= 15 is 0 Å². The molecule has 0 radical (unpaired) electrons. The van der Waals surface area contributed by atoms with E-state index in [4.69, 9.17) is 27.3 Å². The fraction of sp³-hybridized carbons (Fsp3) is 0.154. The number of hydrogen-bond acceptors (Lipinski definition) is 4. The predicted octanol–water partition coefficient (Wildman–Crippen LogP) is 3.84. The molecule has 92 valence electrons. The number of nitriles is 1. The molecule has 2 rings (SSSR count). The van der Waals surface area contributed by atoms with Gasteiger partial charge in [0, 0.05) is 15.5 Å². The summed E-state index contributed by atoms with van der Waals surface area (Å²) in [4.78, 5) is 1.44. The molecule has 0 aliphatic carbocycles. The zero-order valence-electron chi connectivity index (χ0n) is 9.95. The molecule has 5 heteroatoms. The van der Waals surface area contributed by atoms with Gasteiger partial charge in [0.15, 0.2) is 0 Å². The lowest BCUT2D eigenvalue weighted by molar-refractivity contribution is 0.416. The van der Waals surface area contributed by atoms with Gasteiger partial charge in [-0.1, -0.05) is 11.6 Å². The van der Waals surface area contributed by atoms with Gasteiger partial charge in [0.05, 0.1) is 12.8 Å². The summed E-state index contributed by atoms with van der Waals surface area (Å²) in [6.45, 7) is 1.89. The standard InChI is InChI=1S/C13H11ClN2OS/c1-7-12(16)11(6-15)18-13(7)9-5-8(14)3-4-10(9)17-2/h3-5H,16H2,1-2H3. The Hall–Kier alpha value is -1.70. The summed E-state index contributed by atoms with van der Waals surface area (Å²) in [5.41, 5.74) is 8.17. The van der Waals surface area contributed by atoms with Gasteiger partial charge in [-0.15, -0.1) is 11.3 Å². The predicted molar refractivity (Wildman–Crippen MR) is 75.2 cm³/mol. The Morgan fingerprint density at radius 1 is 1.44 bits per heavy atom. The first-order chi connectivity index (χ1) is 8.58. The summed E-state index contributed by atoms with van der Waals surface area (Å²) < 4.78 is 5.32. The van der Waals surface area contributed by atoms with E-state index in [2.05, 4.69) is 6.07 Å². The summed E-state index contributed by atoms with van der Waals surface area (Å²) in [5, 5.41) is 9.63. The molecule has 0 spiro atoms. The molecule has 2 aromatic rings. The number of rotatable bonds is 2. The average Bonchev–Trinajstić information content (AvgIpc) is 2.66. The highest BCUT2D eigenvalue weighted by molar-refractivity contribution is 7.16. The van der Waals surface area contributed by atoms with Crippen molar-refractivity contribution in [2.45, 2.75) is 6.92 Å². The van der Waals surface area contributed by atoms with Crippen LogP contribution in [0, 0.1) is 18.3 Å². The maximum atomic E-state index is 9.01. The van der Waals surface area contributed by atoms with Crippen molar-refractivity contribution in [1.29, 1.82) is 5.26 Å². The second-order valence-electron chi connectivity index (χ2n) is 3.76. The molecule has 1 aromatic carbocycles. The van der Waals surface area contributed by atoms with Crippen LogP contribution in [0.2, 0.25) is 5.02 Å². The third-order valence-corrected chi connectivity index (χ3v) is 4.18. The van der Waals surface area contributed by atoms with Gasteiger partial charge in [-0.25, -0.2) is 0 Å². The van der Waals surface area contributed by atoms with Crippen LogP contribution in [0.4, 0.5) is 5.69 Å². The topological polar surface area (TPSA) is 59.0 Å². The summed E-state index contributed by atoms with van der Waals surface area (Å²) in [5.74, 6) is 0.716. The van der Waals surface area contributed by atoms with E-state index in [0.717, 1.165) is 16.0 Å². The number of hydrogen-bond donors (Lipinski definition) is 1. The minimum atomic E-state index is 0.518. The van der Waals surface area contributed by atoms with Crippen molar-refractivity contribution >= 4 is 28.6 Å². The molecule has 0 fully saturated rings. The van der Waals surface area contributed by atoms with E-state index in [1.807, 2.05) is 13.0 Å². The van der Waals surface area contributed by atoms with Crippen molar-refractivity contribution in [3.63, 3.8) is 0 Å². The molecule has 1 heterocycles. The number of anilines is 1. The molecule has 3 nitrogen and oxygen atoms in total. The fourth-order valence-electron chi connectivity index (χ4n) is 1.72. The van der Waals surface area contributed by atoms with Crippen LogP contribution in [0.5, 0.6) is 5.75 Å². The normalized spacial score (nSPS) is 10.1. The Labute approximate surface area is 114 Å². The molecule has 1 aromatic heterocycles. The minimum absolute atomic E-state index is 0.518. The first-order valence-electron chi connectivity index (χ1n) is 5.21. The van der Waals surface area contributed by atoms with Gasteiger partial charge >= 0.3 is 0 Å². The van der Waals surface area contributed by atoms with E-state index in [-0.39, 0.29) is 0 Å². The lowest BCUT2D eigenvalue weighted by Crippen LogP contribution is -1.89. The van der Waals surface area contributed by atoms with Crippen molar-refractivity contribution in [2.75, 3.05) is 12.8 Å². The van der Waals surface area contributed by atoms with E-state index in [1.54, 1.807) is 19.2 Å². The third-order valence-electron chi connectivity index (χ3n) is 2.70. The van der Waals surface area contributed by atoms with Gasteiger partial charge in [0.25, 0.3) is 0 Å². The molecule has 0 atom stereocenters. The van der Waals surface area contributed by atoms with Crippen LogP contribution >= 0.6 is 22.9 Å². The number of nitrogens with two attached hydrogens (primary N) is 1. The van der Waals surface area contributed by atoms with Gasteiger partial charge in [-0.3, -0.25) is 0 Å². The van der Waals surface area contributed by atoms with Gasteiger partial charge in [0.1, 0.15) is 16.7 Å². The maximum Gasteiger partial charge on any atom is 0.128 e. The second kappa shape index (κ2) is 4.89. The number of halogens is 1. The van der Waals surface area contributed by atoms with Gasteiger partial charge in [-0.2, -0.15) is 5.26 Å². The van der Waals surface area contributed by atoms with E-state index in [1.165, 1.54) is 11.3 Å². The Morgan fingerprint density at radius 3 is 2.72 bits per heavy atom. The van der Waals surface area contributed by atoms with E-state index in [9.17, 15) is 0 Å². The molecule has 0 amide bonds. The highest BCUT2D eigenvalue weighted by Crippen LogP contribution is 2.42. The molecular formula is C13H11ClN2OS. The summed E-state index contributed by atoms with van der Waals surface area (Å²) in [6.07, 6.45) is 0. The van der Waals surface area contributed by atoms with E-state index < -0.39 is 0 Å². The van der Waals surface area contributed by atoms with Crippen LogP contribution in [0.25, 0.3) is 10.4 Å². The van der Waals surface area contributed by atoms with Crippen molar-refractivity contribution in [3.05, 3.63) is 33.7 Å². The largest absolute Gasteiger partial charge is 0.496 e. The smallest absolute Gasteiger partial charge is 0.128 e. The Bertz CT molecular complexity index is 643. The Morgan fingerprint density at radius 2 is 2.17 bits per heavy atom. The van der Waals surface area contributed by atoms with Crippen molar-refractivity contribution in [2.24, 2.45) is 0 Å². The monoisotopic (exact) mass is 278 g/mol. The van der Waals surface area contributed by atoms with Crippen LogP contribution in [0.15, 0.2) is 18.2 Å². The summed E-state index contributed by atoms with van der Waals surface area (Å²) >= 11 is 7.36. The second-order valence-corrected chi connectivity index (χ2v) is 5.21. The summed E-state index contributed by atoms with van der Waals surface area (Å²) in [6, 6.07) is 7.49. The number of ether oxygens (including phenoxy) is 1. The third kappa shape index (κ3) is 2.03. The quantitative estimate of drug-likeness (QED) is 0.908. The lowest BCUT2D eigenvalue weighted by atomic mass is 10.1. The first kappa shape index (κ1) is 12.7. The number of nitrogens with zero attached hydrogens (tertiary/aromatic N) is 1. The van der Waals surface area contributed by atoms with Crippen LogP contribution in [0.3, 0.4) is 0 Å². The lowest BCUT2D eigenvalue weighted by Gasteiger charge is -2.08. The molecule has 0 saturated carbocycles. The zero-order valence-corrected chi connectivity index (χ0v) is 11.5. The van der Waals surface area contributed by atoms with Crippen LogP contribution < -0.4 is 10.5 Å². The molecule has 0 saturated heterocycles. The molecule has 0 aliphatic rings. The minimum Gasteiger partial charge on any atom is -0.496 e. The Balaban J connectivity index is 2.69. The summed E-state index contributed by atoms with van der Waals surface area (Å²) in [7, 11) is 1.60. The van der Waals surface area contributed by atoms with Gasteiger partial charge in [-0.05, 0) is 30.7 Å². The molecule has 0 bridgehead atoms. The number of benzene rings is 1. The van der Waals surface area contributed by atoms with Crippen molar-refractivity contribution in [1.82, 2.24) is 0 Å². The van der Waals surface area contributed by atoms with E-state index in [0.29, 0.717) is 21.3 Å². The SMILES string of the molecule is COc1ccc(Cl)cc1-c1sc(C#N)c(N)c1C. The molecule has 0 unspecified atom stereocenters. The highest BCUT2D eigenvalue weighted by Gasteiger charge is 2.17. The number of nitrogen functional groups attached to an aromatic ring is 1. The highest BCUT2D eigenvalue weighted by atomic mass is 35.5. The van der Waals surface area contributed by atoms with Crippen molar-refractivity contribution < 1.29 is 4.74 Å². The average molecular weight is 279 g/mol.